The summed E-state index contributed by atoms with van der Waals surface area (Å²) in [6.07, 6.45) is 12.0. The van der Waals surface area contributed by atoms with Crippen molar-refractivity contribution in [1.29, 1.82) is 0 Å². The van der Waals surface area contributed by atoms with Gasteiger partial charge in [-0.3, -0.25) is 0 Å². The van der Waals surface area contributed by atoms with E-state index in [2.05, 4.69) is 31.8 Å². The van der Waals surface area contributed by atoms with Crippen molar-refractivity contribution in [2.24, 2.45) is 0 Å². The van der Waals surface area contributed by atoms with E-state index < -0.39 is 0 Å². The molecule has 0 aromatic carbocycles. The van der Waals surface area contributed by atoms with E-state index in [4.69, 9.17) is 6.42 Å². The van der Waals surface area contributed by atoms with Gasteiger partial charge in [0.1, 0.15) is 5.82 Å². The van der Waals surface area contributed by atoms with Crippen molar-refractivity contribution in [3.05, 3.63) is 22.2 Å². The largest absolute Gasteiger partial charge is 0.240 e. The Morgan fingerprint density at radius 2 is 2.20 bits per heavy atom. The molecule has 0 radical (unpaired) electrons. The number of halogens is 1. The second-order valence-electron chi connectivity index (χ2n) is 4.43. The summed E-state index contributed by atoms with van der Waals surface area (Å²) >= 11 is 3.50. The third kappa shape index (κ3) is 1.48. The van der Waals surface area contributed by atoms with Crippen molar-refractivity contribution >= 4 is 15.9 Å². The molecule has 2 aliphatic rings. The lowest BCUT2D eigenvalue weighted by Crippen LogP contribution is -2.09. The number of aromatic nitrogens is 2. The molecule has 0 atom stereocenters. The average molecular weight is 263 g/mol. The Morgan fingerprint density at radius 3 is 2.73 bits per heavy atom. The van der Waals surface area contributed by atoms with Crippen molar-refractivity contribution in [1.82, 2.24) is 9.97 Å². The molecule has 0 unspecified atom stereocenters. The molecular weight excluding hydrogens is 252 g/mol. The van der Waals surface area contributed by atoms with E-state index >= 15 is 0 Å². The van der Waals surface area contributed by atoms with E-state index in [1.807, 2.05) is 6.20 Å². The number of nitrogens with zero attached hydrogens (tertiary/aromatic N) is 2. The Balaban J connectivity index is 2.06. The van der Waals surface area contributed by atoms with Crippen LogP contribution in [0.25, 0.3) is 0 Å². The summed E-state index contributed by atoms with van der Waals surface area (Å²) in [4.78, 5) is 8.99. The maximum absolute atomic E-state index is 5.58. The minimum absolute atomic E-state index is 0.0919. The van der Waals surface area contributed by atoms with Gasteiger partial charge >= 0.3 is 0 Å². The quantitative estimate of drug-likeness (QED) is 0.767. The molecule has 1 aromatic rings. The smallest absolute Gasteiger partial charge is 0.131 e. The molecule has 2 aliphatic carbocycles. The third-order valence-electron chi connectivity index (χ3n) is 3.18. The van der Waals surface area contributed by atoms with Gasteiger partial charge in [0.2, 0.25) is 0 Å². The summed E-state index contributed by atoms with van der Waals surface area (Å²) in [7, 11) is 0. The van der Waals surface area contributed by atoms with E-state index in [1.54, 1.807) is 0 Å². The first-order valence-electron chi connectivity index (χ1n) is 5.26. The van der Waals surface area contributed by atoms with Gasteiger partial charge in [-0.1, -0.05) is 5.92 Å². The van der Waals surface area contributed by atoms with Crippen LogP contribution in [0.3, 0.4) is 0 Å². The Hall–Kier alpha value is -0.880. The second-order valence-corrected chi connectivity index (χ2v) is 5.28. The Bertz CT molecular complexity index is 453. The van der Waals surface area contributed by atoms with Gasteiger partial charge in [0.15, 0.2) is 0 Å². The van der Waals surface area contributed by atoms with E-state index in [-0.39, 0.29) is 5.41 Å². The lowest BCUT2D eigenvalue weighted by atomic mass is 10.0. The molecule has 2 fully saturated rings. The van der Waals surface area contributed by atoms with Gasteiger partial charge in [0.25, 0.3) is 0 Å². The molecule has 0 N–H and O–H groups in total. The highest BCUT2D eigenvalue weighted by Crippen LogP contribution is 2.49. The third-order valence-corrected chi connectivity index (χ3v) is 3.77. The lowest BCUT2D eigenvalue weighted by molar-refractivity contribution is 0.802. The van der Waals surface area contributed by atoms with E-state index in [9.17, 15) is 0 Å². The predicted molar refractivity (Wildman–Crippen MR) is 61.5 cm³/mol. The van der Waals surface area contributed by atoms with Gasteiger partial charge < -0.3 is 0 Å². The molecule has 0 aliphatic heterocycles. The predicted octanol–water partition coefficient (Wildman–Crippen LogP) is 2.78. The fourth-order valence-electron chi connectivity index (χ4n) is 1.83. The van der Waals surface area contributed by atoms with Crippen LogP contribution in [0.15, 0.2) is 10.7 Å². The number of hydrogen-bond donors (Lipinski definition) is 0. The lowest BCUT2D eigenvalue weighted by Gasteiger charge is -2.10. The second kappa shape index (κ2) is 3.05. The normalized spacial score (nSPS) is 22.1. The molecule has 3 rings (SSSR count). The molecule has 76 valence electrons. The van der Waals surface area contributed by atoms with Crippen molar-refractivity contribution in [2.45, 2.75) is 37.0 Å². The van der Waals surface area contributed by atoms with Crippen molar-refractivity contribution in [2.75, 3.05) is 0 Å². The van der Waals surface area contributed by atoms with Gasteiger partial charge in [0.05, 0.1) is 15.6 Å². The van der Waals surface area contributed by atoms with E-state index in [0.717, 1.165) is 28.8 Å². The minimum Gasteiger partial charge on any atom is -0.240 e. The van der Waals surface area contributed by atoms with Gasteiger partial charge in [-0.15, -0.1) is 6.42 Å². The molecule has 3 heteroatoms. The fourth-order valence-corrected chi connectivity index (χ4v) is 2.40. The number of rotatable bonds is 2. The standard InChI is InChI=1S/C12H11BrN2/c1-2-12(5-6-12)10-9(13)7-14-11(15-10)8-3-4-8/h1,7-8H,3-6H2. The van der Waals surface area contributed by atoms with Crippen LogP contribution in [0.2, 0.25) is 0 Å². The highest BCUT2D eigenvalue weighted by Gasteiger charge is 2.46. The van der Waals surface area contributed by atoms with Crippen LogP contribution < -0.4 is 0 Å². The zero-order chi connectivity index (χ0) is 10.5. The van der Waals surface area contributed by atoms with Crippen LogP contribution in [-0.4, -0.2) is 9.97 Å². The Labute approximate surface area is 97.6 Å². The summed E-state index contributed by atoms with van der Waals surface area (Å²) in [6, 6.07) is 0. The first-order valence-corrected chi connectivity index (χ1v) is 6.05. The topological polar surface area (TPSA) is 25.8 Å². The van der Waals surface area contributed by atoms with Crippen molar-refractivity contribution in [3.63, 3.8) is 0 Å². The SMILES string of the molecule is C#CC1(c2nc(C3CC3)ncc2Br)CC1. The zero-order valence-corrected chi connectivity index (χ0v) is 9.92. The summed E-state index contributed by atoms with van der Waals surface area (Å²) in [5.41, 5.74) is 0.938. The van der Waals surface area contributed by atoms with Crippen LogP contribution in [-0.2, 0) is 5.41 Å². The Kier molecular flexibility index (Phi) is 1.90. The van der Waals surface area contributed by atoms with Crippen molar-refractivity contribution < 1.29 is 0 Å². The first kappa shape index (κ1) is 9.35. The molecule has 1 aromatic heterocycles. The number of hydrogen-bond acceptors (Lipinski definition) is 2. The van der Waals surface area contributed by atoms with Gasteiger partial charge in [-0.05, 0) is 41.6 Å². The monoisotopic (exact) mass is 262 g/mol. The van der Waals surface area contributed by atoms with Gasteiger partial charge in [0, 0.05) is 12.1 Å². The summed E-state index contributed by atoms with van der Waals surface area (Å²) in [5.74, 6) is 4.45. The molecular formula is C12H11BrN2. The van der Waals surface area contributed by atoms with Crippen LogP contribution in [0.1, 0.15) is 43.1 Å². The number of terminal acetylenes is 1. The zero-order valence-electron chi connectivity index (χ0n) is 8.33. The van der Waals surface area contributed by atoms with Gasteiger partial charge in [-0.2, -0.15) is 0 Å². The molecule has 0 bridgehead atoms. The van der Waals surface area contributed by atoms with Crippen molar-refractivity contribution in [3.8, 4) is 12.3 Å². The summed E-state index contributed by atoms with van der Waals surface area (Å²) < 4.78 is 0.961. The fraction of sp³-hybridized carbons (Fsp3) is 0.500. The maximum Gasteiger partial charge on any atom is 0.131 e. The molecule has 15 heavy (non-hydrogen) atoms. The van der Waals surface area contributed by atoms with E-state index in [0.29, 0.717) is 5.92 Å². The summed E-state index contributed by atoms with van der Waals surface area (Å²) in [6.45, 7) is 0. The molecule has 2 nitrogen and oxygen atoms in total. The molecule has 1 heterocycles. The highest BCUT2D eigenvalue weighted by molar-refractivity contribution is 9.10. The maximum atomic E-state index is 5.58. The molecule has 0 spiro atoms. The molecule has 0 saturated heterocycles. The summed E-state index contributed by atoms with van der Waals surface area (Å²) in [5, 5.41) is 0. The Morgan fingerprint density at radius 1 is 1.47 bits per heavy atom. The highest BCUT2D eigenvalue weighted by atomic mass is 79.9. The minimum atomic E-state index is -0.0919. The van der Waals surface area contributed by atoms with Crippen LogP contribution in [0, 0.1) is 12.3 Å². The first-order chi connectivity index (χ1) is 7.25. The van der Waals surface area contributed by atoms with E-state index in [1.165, 1.54) is 12.8 Å². The van der Waals surface area contributed by atoms with Crippen LogP contribution in [0.4, 0.5) is 0 Å². The van der Waals surface area contributed by atoms with Gasteiger partial charge in [-0.25, -0.2) is 9.97 Å². The average Bonchev–Trinajstić information content (AvgIpc) is 3.13. The van der Waals surface area contributed by atoms with Crippen LogP contribution >= 0.6 is 15.9 Å². The molecule has 0 amide bonds. The molecule has 2 saturated carbocycles. The van der Waals surface area contributed by atoms with Crippen LogP contribution in [0.5, 0.6) is 0 Å².